The van der Waals surface area contributed by atoms with Crippen molar-refractivity contribution in [3.63, 3.8) is 0 Å². The Balaban J connectivity index is -0.00000000161. The second-order valence-electron chi connectivity index (χ2n) is 0.253. The Hall–Kier alpha value is 2.50. The predicted molar refractivity (Wildman–Crippen MR) is 31.6 cm³/mol. The van der Waals surface area contributed by atoms with E-state index in [9.17, 15) is 0 Å². The Morgan fingerprint density at radius 1 is 1.38 bits per heavy atom. The zero-order chi connectivity index (χ0) is 3.58. The average molecular weight is 226 g/mol. The Bertz CT molecular complexity index is 50.0. The largest absolute Gasteiger partial charge is 2.00 e. The Kier molecular flexibility index (Phi) is 88.9. The molecule has 0 aromatic heterocycles. The summed E-state index contributed by atoms with van der Waals surface area (Å²) in [7, 11) is -2.87. The maximum absolute atomic E-state index is 8.70. The minimum Gasteiger partial charge on any atom is -1.00 e. The van der Waals surface area contributed by atoms with Crippen LogP contribution >= 0.6 is 8.25 Å². The number of rotatable bonds is 0. The molecule has 50 valence electrons. The summed E-state index contributed by atoms with van der Waals surface area (Å²) < 4.78 is 8.70. The molecule has 8 heteroatoms. The van der Waals surface area contributed by atoms with Gasteiger partial charge in [0.1, 0.15) is 0 Å². The van der Waals surface area contributed by atoms with Gasteiger partial charge in [-0.1, -0.05) is 0 Å². The molecule has 0 amide bonds. The van der Waals surface area contributed by atoms with E-state index < -0.39 is 8.25 Å². The summed E-state index contributed by atoms with van der Waals surface area (Å²) in [6, 6.07) is 0. The van der Waals surface area contributed by atoms with Gasteiger partial charge in [-0.15, -0.1) is 9.79 Å². The van der Waals surface area contributed by atoms with Gasteiger partial charge in [-0.05, 0) is 0 Å². The summed E-state index contributed by atoms with van der Waals surface area (Å²) in [5.74, 6) is 0. The first kappa shape index (κ1) is 31.3. The van der Waals surface area contributed by atoms with Crippen LogP contribution in [0.3, 0.4) is 0 Å². The van der Waals surface area contributed by atoms with Crippen molar-refractivity contribution in [1.82, 2.24) is 0 Å². The van der Waals surface area contributed by atoms with E-state index in [4.69, 9.17) is 14.4 Å². The van der Waals surface area contributed by atoms with Crippen LogP contribution in [0.25, 0.3) is 0 Å². The SMILES string of the molecule is O.O=[P+](O)O.[Ca+2].[H-].[H-].[H-].[H-].[Mg+2].[Ni]. The molecule has 0 atom stereocenters. The predicted octanol–water partition coefficient (Wildman–Crippen LogP) is -1.51. The zero-order valence-electron chi connectivity index (χ0n) is 7.98. The molecule has 0 radical (unpaired) electrons. The van der Waals surface area contributed by atoms with Crippen molar-refractivity contribution in [2.45, 2.75) is 0 Å². The van der Waals surface area contributed by atoms with Gasteiger partial charge in [0.05, 0.1) is 0 Å². The van der Waals surface area contributed by atoms with E-state index in [1.165, 1.54) is 0 Å². The molecule has 0 saturated heterocycles. The van der Waals surface area contributed by atoms with Gasteiger partial charge < -0.3 is 11.2 Å². The van der Waals surface area contributed by atoms with Crippen molar-refractivity contribution >= 4 is 69.0 Å². The second kappa shape index (κ2) is 22.7. The fraction of sp³-hybridized carbons (Fsp3) is 0. The Labute approximate surface area is 110 Å². The molecule has 0 aromatic rings. The van der Waals surface area contributed by atoms with Gasteiger partial charge in [0.25, 0.3) is 0 Å². The molecule has 0 aliphatic rings. The summed E-state index contributed by atoms with van der Waals surface area (Å²) in [5.41, 5.74) is 0. The molecule has 0 heterocycles. The van der Waals surface area contributed by atoms with Crippen LogP contribution in [0, 0.1) is 0 Å². The second-order valence-corrected chi connectivity index (χ2v) is 0.758. The fourth-order valence-corrected chi connectivity index (χ4v) is 0. The van der Waals surface area contributed by atoms with Crippen molar-refractivity contribution in [2.24, 2.45) is 0 Å². The molecule has 0 saturated carbocycles. The summed E-state index contributed by atoms with van der Waals surface area (Å²) in [6.07, 6.45) is 0. The molecule has 4 nitrogen and oxygen atoms in total. The molecule has 0 spiro atoms. The van der Waals surface area contributed by atoms with Crippen molar-refractivity contribution < 1.29 is 42.0 Å². The van der Waals surface area contributed by atoms with Gasteiger partial charge in [-0.3, -0.25) is 0 Å². The third-order valence-corrected chi connectivity index (χ3v) is 0. The molecule has 0 fully saturated rings. The van der Waals surface area contributed by atoms with E-state index >= 15 is 0 Å². The Morgan fingerprint density at radius 2 is 1.38 bits per heavy atom. The van der Waals surface area contributed by atoms with Crippen LogP contribution in [0.15, 0.2) is 0 Å². The third kappa shape index (κ3) is 76.5. The van der Waals surface area contributed by atoms with Crippen LogP contribution in [0.1, 0.15) is 5.71 Å². The molecule has 4 N–H and O–H groups in total. The summed E-state index contributed by atoms with van der Waals surface area (Å²) in [5, 5.41) is 0. The molecule has 0 aliphatic carbocycles. The van der Waals surface area contributed by atoms with Crippen LogP contribution in [0.5, 0.6) is 0 Å². The van der Waals surface area contributed by atoms with E-state index in [0.29, 0.717) is 0 Å². The van der Waals surface area contributed by atoms with E-state index in [2.05, 4.69) is 0 Å². The van der Waals surface area contributed by atoms with Gasteiger partial charge in [0, 0.05) is 21.1 Å². The van der Waals surface area contributed by atoms with Crippen molar-refractivity contribution in [3.05, 3.63) is 0 Å². The molecule has 0 unspecified atom stereocenters. The summed E-state index contributed by atoms with van der Waals surface area (Å²) >= 11 is 0. The minimum absolute atomic E-state index is 0. The molecule has 0 aromatic carbocycles. The zero-order valence-corrected chi connectivity index (χ0v) is 9.48. The Morgan fingerprint density at radius 3 is 1.38 bits per heavy atom. The van der Waals surface area contributed by atoms with Crippen LogP contribution in [0.4, 0.5) is 0 Å². The van der Waals surface area contributed by atoms with Gasteiger partial charge in [0.2, 0.25) is 0 Å². The standard InChI is InChI=1S/Ca.Mg.Ni.HO3P.H2O.4H/c;;;1-4(2)3;;;;;/h;;;(H-,1,2,3);1H2;;;;/q2*+2;;;;4*-1/p+1. The maximum atomic E-state index is 8.70. The van der Waals surface area contributed by atoms with E-state index in [1.807, 2.05) is 0 Å². The molecular weight excluding hydrogens is 218 g/mol. The first-order chi connectivity index (χ1) is 1.73. The van der Waals surface area contributed by atoms with Crippen LogP contribution < -0.4 is 0 Å². The summed E-state index contributed by atoms with van der Waals surface area (Å²) in [6.45, 7) is 0. The molecule has 0 rings (SSSR count). The third-order valence-electron chi connectivity index (χ3n) is 0. The summed E-state index contributed by atoms with van der Waals surface area (Å²) in [4.78, 5) is 14.2. The minimum atomic E-state index is -2.87. The van der Waals surface area contributed by atoms with E-state index in [1.54, 1.807) is 0 Å². The monoisotopic (exact) mass is 225 g/mol. The fourth-order valence-electron chi connectivity index (χ4n) is 0. The smallest absolute Gasteiger partial charge is 1.00 e. The van der Waals surface area contributed by atoms with Crippen LogP contribution in [-0.4, -0.2) is 76.1 Å². The van der Waals surface area contributed by atoms with Crippen molar-refractivity contribution in [3.8, 4) is 0 Å². The topological polar surface area (TPSA) is 89.0 Å². The number of hydrogen-bond donors (Lipinski definition) is 2. The molecular formula is H8CaMgNiO4P+. The normalized spacial score (nSPS) is 3.25. The van der Waals surface area contributed by atoms with Gasteiger partial charge in [-0.25, -0.2) is 0 Å². The van der Waals surface area contributed by atoms with E-state index in [0.717, 1.165) is 0 Å². The van der Waals surface area contributed by atoms with Gasteiger partial charge in [0.15, 0.2) is 0 Å². The molecule has 0 bridgehead atoms. The van der Waals surface area contributed by atoms with Crippen molar-refractivity contribution in [2.75, 3.05) is 0 Å². The van der Waals surface area contributed by atoms with E-state index in [-0.39, 0.29) is 88.5 Å². The molecule has 8 heavy (non-hydrogen) atoms. The first-order valence-electron chi connectivity index (χ1n) is 0.583. The van der Waals surface area contributed by atoms with Crippen molar-refractivity contribution in [1.29, 1.82) is 0 Å². The number of hydrogen-bond acceptors (Lipinski definition) is 1. The van der Waals surface area contributed by atoms with Gasteiger partial charge in [-0.2, -0.15) is 0 Å². The first-order valence-corrected chi connectivity index (χ1v) is 1.75. The average Bonchev–Trinajstić information content (AvgIpc) is 0.811. The van der Waals surface area contributed by atoms with Crippen LogP contribution in [0.2, 0.25) is 0 Å². The molecule has 0 aliphatic heterocycles. The maximum Gasteiger partial charge on any atom is 2.00 e. The van der Waals surface area contributed by atoms with Gasteiger partial charge >= 0.3 is 69.0 Å². The quantitative estimate of drug-likeness (QED) is 0.388. The van der Waals surface area contributed by atoms with Crippen LogP contribution in [-0.2, 0) is 21.1 Å².